The first-order valence-corrected chi connectivity index (χ1v) is 10.7. The zero-order valence-electron chi connectivity index (χ0n) is 16.9. The average Bonchev–Trinajstić information content (AvgIpc) is 3.16. The van der Waals surface area contributed by atoms with Crippen LogP contribution in [0.2, 0.25) is 0 Å². The van der Waals surface area contributed by atoms with Gasteiger partial charge in [-0.2, -0.15) is 0 Å². The van der Waals surface area contributed by atoms with Crippen molar-refractivity contribution in [1.29, 1.82) is 0 Å². The van der Waals surface area contributed by atoms with E-state index >= 15 is 0 Å². The first-order chi connectivity index (χ1) is 12.8. The molecule has 1 fully saturated rings. The Morgan fingerprint density at radius 3 is 2.59 bits per heavy atom. The van der Waals surface area contributed by atoms with E-state index in [0.29, 0.717) is 0 Å². The molecule has 1 aromatic heterocycles. The number of benzene rings is 1. The van der Waals surface area contributed by atoms with Gasteiger partial charge in [-0.25, -0.2) is 0 Å². The minimum absolute atomic E-state index is 0.0934. The molecule has 0 radical (unpaired) electrons. The smallest absolute Gasteiger partial charge is 0.219 e. The molecular formula is C23H31NO2S. The molecule has 0 unspecified atom stereocenters. The second kappa shape index (κ2) is 8.15. The predicted molar refractivity (Wildman–Crippen MR) is 112 cm³/mol. The van der Waals surface area contributed by atoms with Gasteiger partial charge in [-0.15, -0.1) is 11.3 Å². The molecular weight excluding hydrogens is 354 g/mol. The van der Waals surface area contributed by atoms with Crippen LogP contribution >= 0.6 is 11.3 Å². The van der Waals surface area contributed by atoms with Crippen LogP contribution in [0.15, 0.2) is 47.8 Å². The van der Waals surface area contributed by atoms with Crippen LogP contribution in [0.3, 0.4) is 0 Å². The Labute approximate surface area is 167 Å². The Morgan fingerprint density at radius 1 is 1.26 bits per heavy atom. The molecule has 2 aromatic rings. The molecule has 0 spiro atoms. The maximum absolute atomic E-state index is 12.5. The van der Waals surface area contributed by atoms with E-state index in [2.05, 4.69) is 73.5 Å². The molecule has 1 amide bonds. The lowest BCUT2D eigenvalue weighted by molar-refractivity contribution is -0.138. The van der Waals surface area contributed by atoms with Crippen LogP contribution in [0.5, 0.6) is 0 Å². The van der Waals surface area contributed by atoms with Crippen LogP contribution in [0.1, 0.15) is 57.4 Å². The molecule has 1 aliphatic heterocycles. The second-order valence-corrected chi connectivity index (χ2v) is 9.34. The van der Waals surface area contributed by atoms with E-state index in [1.165, 1.54) is 10.4 Å². The quantitative estimate of drug-likeness (QED) is 0.680. The highest BCUT2D eigenvalue weighted by molar-refractivity contribution is 7.10. The van der Waals surface area contributed by atoms with Gasteiger partial charge < -0.3 is 9.64 Å². The van der Waals surface area contributed by atoms with E-state index in [1.807, 2.05) is 0 Å². The molecule has 146 valence electrons. The SMILES string of the molecule is CC(=O)N(CC[C@](C)(c1ccccc1)c1cccs1)[C@@H]1CCOC(C)(C)C1. The average molecular weight is 386 g/mol. The summed E-state index contributed by atoms with van der Waals surface area (Å²) in [5.41, 5.74) is 1.06. The Morgan fingerprint density at radius 2 is 2.00 bits per heavy atom. The summed E-state index contributed by atoms with van der Waals surface area (Å²) >= 11 is 1.80. The summed E-state index contributed by atoms with van der Waals surface area (Å²) in [6.07, 6.45) is 2.73. The highest BCUT2D eigenvalue weighted by atomic mass is 32.1. The number of carbonyl (C=O) groups excluding carboxylic acids is 1. The summed E-state index contributed by atoms with van der Waals surface area (Å²) in [6, 6.07) is 15.3. The van der Waals surface area contributed by atoms with Crippen molar-refractivity contribution >= 4 is 17.2 Å². The van der Waals surface area contributed by atoms with Crippen molar-refractivity contribution in [3.63, 3.8) is 0 Å². The van der Waals surface area contributed by atoms with Crippen LogP contribution in [-0.4, -0.2) is 35.6 Å². The monoisotopic (exact) mass is 385 g/mol. The number of nitrogens with zero attached hydrogens (tertiary/aromatic N) is 1. The van der Waals surface area contributed by atoms with Crippen molar-refractivity contribution < 1.29 is 9.53 Å². The van der Waals surface area contributed by atoms with Crippen LogP contribution in [0.25, 0.3) is 0 Å². The van der Waals surface area contributed by atoms with Crippen molar-refractivity contribution in [1.82, 2.24) is 4.90 Å². The minimum Gasteiger partial charge on any atom is -0.375 e. The maximum atomic E-state index is 12.5. The number of thiophene rings is 1. The van der Waals surface area contributed by atoms with Gasteiger partial charge in [0.25, 0.3) is 0 Å². The van der Waals surface area contributed by atoms with Gasteiger partial charge in [0.15, 0.2) is 0 Å². The topological polar surface area (TPSA) is 29.5 Å². The van der Waals surface area contributed by atoms with E-state index in [0.717, 1.165) is 32.4 Å². The Kier molecular flexibility index (Phi) is 6.07. The van der Waals surface area contributed by atoms with Gasteiger partial charge in [0.1, 0.15) is 0 Å². The third-order valence-electron chi connectivity index (χ3n) is 5.84. The van der Waals surface area contributed by atoms with Crippen LogP contribution in [0, 0.1) is 0 Å². The van der Waals surface area contributed by atoms with Gasteiger partial charge in [-0.1, -0.05) is 43.3 Å². The van der Waals surface area contributed by atoms with E-state index < -0.39 is 0 Å². The van der Waals surface area contributed by atoms with Gasteiger partial charge in [-0.3, -0.25) is 4.79 Å². The van der Waals surface area contributed by atoms with Crippen LogP contribution in [0.4, 0.5) is 0 Å². The molecule has 0 aliphatic carbocycles. The first kappa shape index (κ1) is 20.1. The number of rotatable bonds is 6. The summed E-state index contributed by atoms with van der Waals surface area (Å²) in [5.74, 6) is 0.166. The molecule has 0 N–H and O–H groups in total. The van der Waals surface area contributed by atoms with E-state index in [-0.39, 0.29) is 23.0 Å². The highest BCUT2D eigenvalue weighted by Gasteiger charge is 2.36. The van der Waals surface area contributed by atoms with Gasteiger partial charge in [-0.05, 0) is 50.1 Å². The number of hydrogen-bond acceptors (Lipinski definition) is 3. The predicted octanol–water partition coefficient (Wildman–Crippen LogP) is 5.25. The maximum Gasteiger partial charge on any atom is 0.219 e. The number of carbonyl (C=O) groups is 1. The summed E-state index contributed by atoms with van der Waals surface area (Å²) in [4.78, 5) is 15.9. The third-order valence-corrected chi connectivity index (χ3v) is 6.98. The Bertz CT molecular complexity index is 741. The summed E-state index contributed by atoms with van der Waals surface area (Å²) in [7, 11) is 0. The number of amides is 1. The van der Waals surface area contributed by atoms with Gasteiger partial charge in [0.2, 0.25) is 5.91 Å². The molecule has 1 aromatic carbocycles. The normalized spacial score (nSPS) is 21.4. The van der Waals surface area contributed by atoms with Crippen molar-refractivity contribution in [3.8, 4) is 0 Å². The van der Waals surface area contributed by atoms with Crippen molar-refractivity contribution in [2.24, 2.45) is 0 Å². The molecule has 2 heterocycles. The van der Waals surface area contributed by atoms with E-state index in [4.69, 9.17) is 4.74 Å². The molecule has 3 rings (SSSR count). The van der Waals surface area contributed by atoms with Crippen molar-refractivity contribution in [2.45, 2.75) is 64.0 Å². The molecule has 1 aliphatic rings. The van der Waals surface area contributed by atoms with Gasteiger partial charge in [0.05, 0.1) is 5.60 Å². The van der Waals surface area contributed by atoms with Crippen molar-refractivity contribution in [3.05, 3.63) is 58.3 Å². The fourth-order valence-electron chi connectivity index (χ4n) is 4.22. The number of ether oxygens (including phenoxy) is 1. The lowest BCUT2D eigenvalue weighted by atomic mass is 9.77. The van der Waals surface area contributed by atoms with Crippen LogP contribution < -0.4 is 0 Å². The third kappa shape index (κ3) is 4.61. The highest BCUT2D eigenvalue weighted by Crippen LogP contribution is 2.38. The molecule has 1 saturated heterocycles. The summed E-state index contributed by atoms with van der Waals surface area (Å²) in [6.45, 7) is 9.74. The fourth-order valence-corrected chi connectivity index (χ4v) is 5.16. The Balaban J connectivity index is 1.82. The largest absolute Gasteiger partial charge is 0.375 e. The minimum atomic E-state index is -0.160. The summed E-state index contributed by atoms with van der Waals surface area (Å²) < 4.78 is 5.86. The molecule has 2 atom stereocenters. The molecule has 0 saturated carbocycles. The fraction of sp³-hybridized carbons (Fsp3) is 0.522. The van der Waals surface area contributed by atoms with Gasteiger partial charge in [0, 0.05) is 36.4 Å². The second-order valence-electron chi connectivity index (χ2n) is 8.39. The number of hydrogen-bond donors (Lipinski definition) is 0. The first-order valence-electron chi connectivity index (χ1n) is 9.82. The molecule has 3 nitrogen and oxygen atoms in total. The van der Waals surface area contributed by atoms with E-state index in [1.54, 1.807) is 18.3 Å². The zero-order chi connectivity index (χ0) is 19.5. The molecule has 4 heteroatoms. The standard InChI is InChI=1S/C23H31NO2S/c1-18(25)24(20-12-15-26-22(2,3)17-20)14-13-23(4,21-11-8-16-27-21)19-9-6-5-7-10-19/h5-11,16,20H,12-15,17H2,1-4H3/t20-,23-/m1/s1. The molecule has 27 heavy (non-hydrogen) atoms. The lowest BCUT2D eigenvalue weighted by Crippen LogP contribution is -2.49. The van der Waals surface area contributed by atoms with Gasteiger partial charge >= 0.3 is 0 Å². The summed E-state index contributed by atoms with van der Waals surface area (Å²) in [5, 5.41) is 2.14. The lowest BCUT2D eigenvalue weighted by Gasteiger charge is -2.42. The Hall–Kier alpha value is -1.65. The molecule has 0 bridgehead atoms. The zero-order valence-corrected chi connectivity index (χ0v) is 17.7. The van der Waals surface area contributed by atoms with Crippen LogP contribution in [-0.2, 0) is 14.9 Å². The van der Waals surface area contributed by atoms with Crippen molar-refractivity contribution in [2.75, 3.05) is 13.2 Å². The van der Waals surface area contributed by atoms with E-state index in [9.17, 15) is 4.79 Å².